The number of hydrogen-bond acceptors (Lipinski definition) is 5. The molecule has 0 aliphatic rings. The molecule has 7 heteroatoms. The summed E-state index contributed by atoms with van der Waals surface area (Å²) in [7, 11) is 0. The Bertz CT molecular complexity index is 1230. The lowest BCUT2D eigenvalue weighted by Gasteiger charge is -2.07. The van der Waals surface area contributed by atoms with Crippen LogP contribution in [-0.4, -0.2) is 21.9 Å². The lowest BCUT2D eigenvalue weighted by atomic mass is 10.1. The van der Waals surface area contributed by atoms with Crippen LogP contribution in [0.5, 0.6) is 5.75 Å². The molecule has 146 valence electrons. The van der Waals surface area contributed by atoms with Crippen molar-refractivity contribution in [2.75, 3.05) is 6.61 Å². The van der Waals surface area contributed by atoms with Crippen molar-refractivity contribution in [1.29, 1.82) is 0 Å². The maximum absolute atomic E-state index is 13.1. The predicted octanol–water partition coefficient (Wildman–Crippen LogP) is 5.17. The topological polar surface area (TPSA) is 61.2 Å². The first-order valence-electron chi connectivity index (χ1n) is 9.05. The zero-order chi connectivity index (χ0) is 20.4. The minimum absolute atomic E-state index is 0.0536. The van der Waals surface area contributed by atoms with Crippen molar-refractivity contribution < 1.29 is 9.53 Å². The quantitative estimate of drug-likeness (QED) is 0.366. The van der Waals surface area contributed by atoms with Gasteiger partial charge in [-0.3, -0.25) is 14.2 Å². The molecule has 0 unspecified atom stereocenters. The van der Waals surface area contributed by atoms with Gasteiger partial charge in [0.1, 0.15) is 10.6 Å². The molecule has 4 aromatic rings. The van der Waals surface area contributed by atoms with Crippen molar-refractivity contribution in [3.63, 3.8) is 0 Å². The van der Waals surface area contributed by atoms with Crippen molar-refractivity contribution in [3.05, 3.63) is 80.6 Å². The van der Waals surface area contributed by atoms with E-state index in [-0.39, 0.29) is 17.9 Å². The average Bonchev–Trinajstić information content (AvgIpc) is 3.16. The number of ether oxygens (including phenoxy) is 1. The highest BCUT2D eigenvalue weighted by Crippen LogP contribution is 2.31. The van der Waals surface area contributed by atoms with Gasteiger partial charge in [-0.2, -0.15) is 0 Å². The van der Waals surface area contributed by atoms with Crippen LogP contribution in [0, 0.1) is 0 Å². The van der Waals surface area contributed by atoms with Crippen LogP contribution < -0.4 is 10.3 Å². The van der Waals surface area contributed by atoms with Crippen molar-refractivity contribution in [3.8, 4) is 16.9 Å². The van der Waals surface area contributed by atoms with Gasteiger partial charge >= 0.3 is 0 Å². The highest BCUT2D eigenvalue weighted by atomic mass is 79.9. The number of carbonyl (C=O) groups excluding carboxylic acids is 1. The van der Waals surface area contributed by atoms with Crippen LogP contribution in [0.25, 0.3) is 21.3 Å². The first kappa shape index (κ1) is 19.5. The van der Waals surface area contributed by atoms with Crippen molar-refractivity contribution in [2.24, 2.45) is 0 Å². The Morgan fingerprint density at radius 3 is 2.55 bits per heavy atom. The van der Waals surface area contributed by atoms with Gasteiger partial charge < -0.3 is 4.74 Å². The molecule has 2 aromatic carbocycles. The average molecular weight is 469 g/mol. The number of ketones is 1. The van der Waals surface area contributed by atoms with E-state index >= 15 is 0 Å². The maximum atomic E-state index is 13.1. The minimum atomic E-state index is -0.217. The Kier molecular flexibility index (Phi) is 5.60. The second-order valence-corrected chi connectivity index (χ2v) is 8.17. The Balaban J connectivity index is 1.70. The Hall–Kier alpha value is -2.77. The lowest BCUT2D eigenvalue weighted by Crippen LogP contribution is -2.24. The molecule has 0 N–H and O–H groups in total. The van der Waals surface area contributed by atoms with Crippen LogP contribution >= 0.6 is 27.3 Å². The van der Waals surface area contributed by atoms with E-state index in [1.165, 1.54) is 22.2 Å². The minimum Gasteiger partial charge on any atom is -0.494 e. The van der Waals surface area contributed by atoms with Gasteiger partial charge in [0.25, 0.3) is 5.56 Å². The zero-order valence-electron chi connectivity index (χ0n) is 15.6. The molecule has 2 heterocycles. The van der Waals surface area contributed by atoms with E-state index in [0.29, 0.717) is 22.4 Å². The number of nitrogens with zero attached hydrogens (tertiary/aromatic N) is 2. The van der Waals surface area contributed by atoms with Crippen LogP contribution in [0.15, 0.2) is 69.5 Å². The van der Waals surface area contributed by atoms with Crippen molar-refractivity contribution >= 4 is 43.3 Å². The summed E-state index contributed by atoms with van der Waals surface area (Å²) < 4.78 is 7.75. The van der Waals surface area contributed by atoms with Gasteiger partial charge in [0.05, 0.1) is 24.9 Å². The molecule has 0 saturated carbocycles. The molecule has 0 aliphatic carbocycles. The summed E-state index contributed by atoms with van der Waals surface area (Å²) in [6.07, 6.45) is 1.44. The Morgan fingerprint density at radius 1 is 1.14 bits per heavy atom. The van der Waals surface area contributed by atoms with Gasteiger partial charge in [-0.25, -0.2) is 4.98 Å². The molecule has 0 atom stereocenters. The molecule has 4 rings (SSSR count). The molecule has 5 nitrogen and oxygen atoms in total. The van der Waals surface area contributed by atoms with Gasteiger partial charge in [0, 0.05) is 21.0 Å². The Labute approximate surface area is 179 Å². The normalized spacial score (nSPS) is 11.0. The van der Waals surface area contributed by atoms with Crippen LogP contribution in [0.4, 0.5) is 0 Å². The molecule has 0 spiro atoms. The predicted molar refractivity (Wildman–Crippen MR) is 119 cm³/mol. The van der Waals surface area contributed by atoms with Crippen molar-refractivity contribution in [1.82, 2.24) is 9.55 Å². The van der Waals surface area contributed by atoms with Crippen LogP contribution in [-0.2, 0) is 6.54 Å². The number of aromatic nitrogens is 2. The fourth-order valence-corrected chi connectivity index (χ4v) is 4.24. The molecule has 29 heavy (non-hydrogen) atoms. The number of fused-ring (bicyclic) bond motifs is 1. The summed E-state index contributed by atoms with van der Waals surface area (Å²) in [6, 6.07) is 14.7. The number of benzene rings is 2. The van der Waals surface area contributed by atoms with E-state index < -0.39 is 0 Å². The summed E-state index contributed by atoms with van der Waals surface area (Å²) in [5.74, 6) is 0.644. The maximum Gasteiger partial charge on any atom is 0.263 e. The molecule has 0 radical (unpaired) electrons. The number of carbonyl (C=O) groups is 1. The largest absolute Gasteiger partial charge is 0.494 e. The fraction of sp³-hybridized carbons (Fsp3) is 0.136. The second kappa shape index (κ2) is 8.31. The van der Waals surface area contributed by atoms with Gasteiger partial charge in [0.2, 0.25) is 0 Å². The van der Waals surface area contributed by atoms with E-state index in [4.69, 9.17) is 4.74 Å². The van der Waals surface area contributed by atoms with E-state index in [1.54, 1.807) is 24.3 Å². The zero-order valence-corrected chi connectivity index (χ0v) is 18.0. The van der Waals surface area contributed by atoms with Gasteiger partial charge in [-0.15, -0.1) is 11.3 Å². The van der Waals surface area contributed by atoms with E-state index in [0.717, 1.165) is 21.3 Å². The molecular formula is C22H17BrN2O3S. The van der Waals surface area contributed by atoms with Crippen LogP contribution in [0.1, 0.15) is 17.3 Å². The third kappa shape index (κ3) is 4.02. The summed E-state index contributed by atoms with van der Waals surface area (Å²) in [5, 5.41) is 2.46. The SMILES string of the molecule is CCOc1ccc(-c2csc3ncn(CC(=O)c4ccc(Br)cc4)c(=O)c23)cc1. The number of halogens is 1. The third-order valence-corrected chi connectivity index (χ3v) is 5.93. The number of rotatable bonds is 6. The third-order valence-electron chi connectivity index (χ3n) is 4.52. The molecule has 0 aliphatic heterocycles. The van der Waals surface area contributed by atoms with Gasteiger partial charge in [-0.05, 0) is 36.8 Å². The highest BCUT2D eigenvalue weighted by Gasteiger charge is 2.15. The summed E-state index contributed by atoms with van der Waals surface area (Å²) >= 11 is 4.77. The van der Waals surface area contributed by atoms with Crippen LogP contribution in [0.2, 0.25) is 0 Å². The van der Waals surface area contributed by atoms with E-state index in [1.807, 2.05) is 36.6 Å². The number of hydrogen-bond donors (Lipinski definition) is 0. The summed E-state index contributed by atoms with van der Waals surface area (Å²) in [6.45, 7) is 2.48. The van der Waals surface area contributed by atoms with Crippen molar-refractivity contribution in [2.45, 2.75) is 13.5 Å². The fourth-order valence-electron chi connectivity index (χ4n) is 3.07. The first-order valence-corrected chi connectivity index (χ1v) is 10.7. The van der Waals surface area contributed by atoms with Gasteiger partial charge in [-0.1, -0.05) is 40.2 Å². The molecule has 0 bridgehead atoms. The smallest absolute Gasteiger partial charge is 0.263 e. The molecule has 0 saturated heterocycles. The second-order valence-electron chi connectivity index (χ2n) is 6.39. The number of thiophene rings is 1. The lowest BCUT2D eigenvalue weighted by molar-refractivity contribution is 0.0970. The van der Waals surface area contributed by atoms with Gasteiger partial charge in [0.15, 0.2) is 5.78 Å². The first-order chi connectivity index (χ1) is 14.1. The summed E-state index contributed by atoms with van der Waals surface area (Å²) in [5.41, 5.74) is 2.06. The number of Topliss-reactive ketones (excluding diaryl/α,β-unsaturated/α-hetero) is 1. The molecule has 2 aromatic heterocycles. The summed E-state index contributed by atoms with van der Waals surface area (Å²) in [4.78, 5) is 30.8. The molecule has 0 amide bonds. The standard InChI is InChI=1S/C22H17BrN2O3S/c1-2-28-17-9-5-14(6-10-17)18-12-29-21-20(18)22(27)25(13-24-21)11-19(26)15-3-7-16(23)8-4-15/h3-10,12-13H,2,11H2,1H3. The monoisotopic (exact) mass is 468 g/mol. The van der Waals surface area contributed by atoms with Crippen LogP contribution in [0.3, 0.4) is 0 Å². The van der Waals surface area contributed by atoms with E-state index in [9.17, 15) is 9.59 Å². The van der Waals surface area contributed by atoms with E-state index in [2.05, 4.69) is 20.9 Å². The molecule has 0 fully saturated rings. The highest BCUT2D eigenvalue weighted by molar-refractivity contribution is 9.10. The molecular weight excluding hydrogens is 452 g/mol. The Morgan fingerprint density at radius 2 is 1.86 bits per heavy atom.